The average Bonchev–Trinajstić information content (AvgIpc) is 3.21. The van der Waals surface area contributed by atoms with Crippen molar-refractivity contribution >= 4 is 17.5 Å². The molecule has 2 aromatic rings. The normalized spacial score (nSPS) is 32.1. The molecule has 2 aliphatic rings. The van der Waals surface area contributed by atoms with Crippen LogP contribution in [-0.2, 0) is 25.5 Å². The molecule has 1 saturated carbocycles. The van der Waals surface area contributed by atoms with Crippen molar-refractivity contribution in [3.63, 3.8) is 0 Å². The molecule has 31 heavy (non-hydrogen) atoms. The third-order valence-corrected chi connectivity index (χ3v) is 6.95. The molecule has 162 valence electrons. The van der Waals surface area contributed by atoms with Crippen LogP contribution in [0.2, 0.25) is 0 Å². The van der Waals surface area contributed by atoms with Crippen LogP contribution in [0, 0.1) is 17.3 Å². The van der Waals surface area contributed by atoms with Crippen molar-refractivity contribution in [1.82, 2.24) is 5.32 Å². The molecule has 2 fully saturated rings. The van der Waals surface area contributed by atoms with Gasteiger partial charge in [-0.3, -0.25) is 19.7 Å². The molecule has 1 aliphatic heterocycles. The van der Waals surface area contributed by atoms with E-state index in [0.29, 0.717) is 12.2 Å². The zero-order valence-electron chi connectivity index (χ0n) is 18.2. The predicted octanol–water partition coefficient (Wildman–Crippen LogP) is 2.90. The topological polar surface area (TPSA) is 81.7 Å². The van der Waals surface area contributed by atoms with E-state index in [2.05, 4.69) is 5.32 Å². The predicted molar refractivity (Wildman–Crippen MR) is 115 cm³/mol. The molecule has 1 heterocycles. The first-order valence-corrected chi connectivity index (χ1v) is 10.4. The Morgan fingerprint density at radius 2 is 1.61 bits per heavy atom. The fraction of sp³-hybridized carbons (Fsp3) is 0.400. The summed E-state index contributed by atoms with van der Waals surface area (Å²) in [6, 6.07) is 16.4. The summed E-state index contributed by atoms with van der Waals surface area (Å²) in [7, 11) is 2.89. The van der Waals surface area contributed by atoms with E-state index in [0.717, 1.165) is 11.1 Å². The molecule has 0 amide bonds. The molecule has 1 N–H and O–H groups in total. The number of esters is 1. The molecule has 1 aliphatic carbocycles. The van der Waals surface area contributed by atoms with Gasteiger partial charge in [0.25, 0.3) is 0 Å². The van der Waals surface area contributed by atoms with Gasteiger partial charge in [0, 0.05) is 6.04 Å². The van der Waals surface area contributed by atoms with Gasteiger partial charge in [-0.2, -0.15) is 0 Å². The summed E-state index contributed by atoms with van der Waals surface area (Å²) in [5, 5.41) is 3.28. The summed E-state index contributed by atoms with van der Waals surface area (Å²) in [5.41, 5.74) is -0.738. The van der Waals surface area contributed by atoms with Crippen molar-refractivity contribution in [2.75, 3.05) is 14.2 Å². The minimum atomic E-state index is -1.29. The highest BCUT2D eigenvalue weighted by atomic mass is 16.5. The number of hydrogen-bond acceptors (Lipinski definition) is 6. The Bertz CT molecular complexity index is 1020. The summed E-state index contributed by atoms with van der Waals surface area (Å²) < 4.78 is 10.3. The van der Waals surface area contributed by atoms with Crippen molar-refractivity contribution in [3.8, 4) is 5.75 Å². The highest BCUT2D eigenvalue weighted by Crippen LogP contribution is 2.55. The van der Waals surface area contributed by atoms with Gasteiger partial charge in [-0.25, -0.2) is 0 Å². The number of nitrogens with one attached hydrogen (secondary N) is 1. The molecular formula is C25H27NO5. The first-order chi connectivity index (χ1) is 14.8. The number of ether oxygens (including phenoxy) is 2. The molecule has 6 heteroatoms. The second kappa shape index (κ2) is 7.61. The number of hydrogen-bond donors (Lipinski definition) is 1. The fourth-order valence-electron chi connectivity index (χ4n) is 5.29. The van der Waals surface area contributed by atoms with Gasteiger partial charge in [0.2, 0.25) is 0 Å². The number of benzene rings is 2. The first kappa shape index (κ1) is 21.2. The van der Waals surface area contributed by atoms with Crippen molar-refractivity contribution < 1.29 is 23.9 Å². The molecule has 0 unspecified atom stereocenters. The van der Waals surface area contributed by atoms with Crippen molar-refractivity contribution in [2.45, 2.75) is 31.8 Å². The smallest absolute Gasteiger partial charge is 0.326 e. The van der Waals surface area contributed by atoms with Gasteiger partial charge in [-0.1, -0.05) is 42.5 Å². The Labute approximate surface area is 181 Å². The standard InChI is InChI=1S/C25H27NO5/c1-24(14-15-8-6-5-7-9-15)21(27)18-19(22(24)28)25(2,23(29)31-4)26-20(18)16-10-12-17(30-3)13-11-16/h5-13,18-20,26H,14H2,1-4H3/t18-,19-,20-,24-,25-/m1/s1. The molecule has 2 aromatic carbocycles. The van der Waals surface area contributed by atoms with Gasteiger partial charge in [0.15, 0.2) is 11.6 Å². The van der Waals surface area contributed by atoms with Crippen LogP contribution < -0.4 is 10.1 Å². The van der Waals surface area contributed by atoms with E-state index in [1.165, 1.54) is 7.11 Å². The van der Waals surface area contributed by atoms with Gasteiger partial charge in [0.1, 0.15) is 11.3 Å². The van der Waals surface area contributed by atoms with Crippen molar-refractivity contribution in [1.29, 1.82) is 0 Å². The molecule has 1 saturated heterocycles. The van der Waals surface area contributed by atoms with Crippen molar-refractivity contribution in [2.24, 2.45) is 17.3 Å². The van der Waals surface area contributed by atoms with Gasteiger partial charge in [0.05, 0.1) is 31.5 Å². The number of carbonyl (C=O) groups excluding carboxylic acids is 3. The Kier molecular flexibility index (Phi) is 5.21. The largest absolute Gasteiger partial charge is 0.497 e. The molecule has 6 nitrogen and oxygen atoms in total. The van der Waals surface area contributed by atoms with E-state index in [-0.39, 0.29) is 11.6 Å². The summed E-state index contributed by atoms with van der Waals surface area (Å²) in [6.07, 6.45) is 0.311. The Hall–Kier alpha value is -2.99. The molecule has 0 spiro atoms. The molecular weight excluding hydrogens is 394 g/mol. The molecule has 0 aromatic heterocycles. The maximum Gasteiger partial charge on any atom is 0.326 e. The van der Waals surface area contributed by atoms with Gasteiger partial charge < -0.3 is 9.47 Å². The fourth-order valence-corrected chi connectivity index (χ4v) is 5.29. The number of Topliss-reactive ketones (excluding diaryl/α,β-unsaturated/α-hetero) is 2. The van der Waals surface area contributed by atoms with Gasteiger partial charge in [-0.15, -0.1) is 0 Å². The SMILES string of the molecule is COC(=O)[C@]1(C)N[C@H](c2ccc(OC)cc2)[C@@H]2C(=O)[C@@](C)(Cc3ccccc3)C(=O)[C@@H]21. The number of carbonyl (C=O) groups is 3. The van der Waals surface area contributed by atoms with E-state index in [1.54, 1.807) is 21.0 Å². The average molecular weight is 421 g/mol. The van der Waals surface area contributed by atoms with Gasteiger partial charge in [-0.05, 0) is 43.5 Å². The molecule has 0 radical (unpaired) electrons. The highest BCUT2D eigenvalue weighted by Gasteiger charge is 2.70. The van der Waals surface area contributed by atoms with Crippen molar-refractivity contribution in [3.05, 3.63) is 65.7 Å². The number of fused-ring (bicyclic) bond motifs is 1. The van der Waals surface area contributed by atoms with Crippen LogP contribution in [0.15, 0.2) is 54.6 Å². The molecule has 0 bridgehead atoms. The lowest BCUT2D eigenvalue weighted by Crippen LogP contribution is -2.54. The third-order valence-electron chi connectivity index (χ3n) is 6.95. The van der Waals surface area contributed by atoms with E-state index in [1.807, 2.05) is 54.6 Å². The summed E-state index contributed by atoms with van der Waals surface area (Å²) in [5.74, 6) is -1.64. The molecule has 4 rings (SSSR count). The van der Waals surface area contributed by atoms with E-state index in [9.17, 15) is 14.4 Å². The van der Waals surface area contributed by atoms with Crippen LogP contribution in [0.5, 0.6) is 5.75 Å². The lowest BCUT2D eigenvalue weighted by molar-refractivity contribution is -0.152. The van der Waals surface area contributed by atoms with Crippen LogP contribution >= 0.6 is 0 Å². The van der Waals surface area contributed by atoms with Crippen LogP contribution in [0.4, 0.5) is 0 Å². The maximum absolute atomic E-state index is 13.8. The monoisotopic (exact) mass is 421 g/mol. The lowest BCUT2D eigenvalue weighted by atomic mass is 9.76. The molecule has 5 atom stereocenters. The minimum Gasteiger partial charge on any atom is -0.497 e. The quantitative estimate of drug-likeness (QED) is 0.591. The first-order valence-electron chi connectivity index (χ1n) is 10.4. The zero-order valence-corrected chi connectivity index (χ0v) is 18.2. The number of ketones is 2. The number of rotatable bonds is 5. The van der Waals surface area contributed by atoms with E-state index >= 15 is 0 Å². The van der Waals surface area contributed by atoms with Gasteiger partial charge >= 0.3 is 5.97 Å². The minimum absolute atomic E-state index is 0.132. The Balaban J connectivity index is 1.78. The zero-order chi connectivity index (χ0) is 22.4. The van der Waals surface area contributed by atoms with Crippen LogP contribution in [0.3, 0.4) is 0 Å². The summed E-state index contributed by atoms with van der Waals surface area (Å²) in [4.78, 5) is 40.3. The number of methoxy groups -OCH3 is 2. The van der Waals surface area contributed by atoms with Crippen LogP contribution in [0.1, 0.15) is 31.0 Å². The van der Waals surface area contributed by atoms with E-state index in [4.69, 9.17) is 9.47 Å². The Morgan fingerprint density at radius 3 is 2.19 bits per heavy atom. The van der Waals surface area contributed by atoms with E-state index < -0.39 is 34.8 Å². The maximum atomic E-state index is 13.8. The third kappa shape index (κ3) is 3.17. The second-order valence-corrected chi connectivity index (χ2v) is 8.82. The Morgan fingerprint density at radius 1 is 0.968 bits per heavy atom. The summed E-state index contributed by atoms with van der Waals surface area (Å²) >= 11 is 0. The highest BCUT2D eigenvalue weighted by molar-refractivity contribution is 6.18. The van der Waals surface area contributed by atoms with Crippen LogP contribution in [0.25, 0.3) is 0 Å². The lowest BCUT2D eigenvalue weighted by Gasteiger charge is -2.30. The summed E-state index contributed by atoms with van der Waals surface area (Å²) in [6.45, 7) is 3.38. The van der Waals surface area contributed by atoms with Crippen LogP contribution in [-0.4, -0.2) is 37.3 Å². The second-order valence-electron chi connectivity index (χ2n) is 8.82.